The molecule has 6 nitrogen and oxygen atoms in total. The summed E-state index contributed by atoms with van der Waals surface area (Å²) in [6.45, 7) is 0.274. The summed E-state index contributed by atoms with van der Waals surface area (Å²) in [5.74, 6) is 0.297. The Kier molecular flexibility index (Phi) is 4.70. The van der Waals surface area contributed by atoms with Crippen LogP contribution in [0, 0.1) is 0 Å². The molecule has 0 spiro atoms. The largest absolute Gasteiger partial charge is 0.496 e. The average Bonchev–Trinajstić information content (AvgIpc) is 2.94. The number of ether oxygens (including phenoxy) is 1. The molecule has 0 saturated heterocycles. The zero-order valence-corrected chi connectivity index (χ0v) is 14.0. The number of aromatic nitrogens is 1. The molecule has 1 aromatic heterocycles. The van der Waals surface area contributed by atoms with Gasteiger partial charge < -0.3 is 14.6 Å². The maximum atomic E-state index is 12.7. The molecule has 0 unspecified atom stereocenters. The van der Waals surface area contributed by atoms with Gasteiger partial charge in [-0.25, -0.2) is 9.53 Å². The minimum Gasteiger partial charge on any atom is -0.496 e. The molecule has 0 aliphatic heterocycles. The molecule has 1 heterocycles. The second kappa shape index (κ2) is 7.09. The van der Waals surface area contributed by atoms with E-state index in [9.17, 15) is 9.59 Å². The first-order valence-corrected chi connectivity index (χ1v) is 7.77. The Hall–Kier alpha value is -3.28. The van der Waals surface area contributed by atoms with Crippen LogP contribution in [0.15, 0.2) is 63.9 Å². The highest BCUT2D eigenvalue weighted by Crippen LogP contribution is 2.21. The van der Waals surface area contributed by atoms with E-state index in [4.69, 9.17) is 9.26 Å². The third-order valence-electron chi connectivity index (χ3n) is 3.89. The van der Waals surface area contributed by atoms with Gasteiger partial charge in [0, 0.05) is 19.2 Å². The Morgan fingerprint density at radius 1 is 1.12 bits per heavy atom. The summed E-state index contributed by atoms with van der Waals surface area (Å²) < 4.78 is 11.6. The van der Waals surface area contributed by atoms with E-state index in [2.05, 4.69) is 5.32 Å². The molecule has 2 aromatic carbocycles. The summed E-state index contributed by atoms with van der Waals surface area (Å²) >= 11 is 0. The first kappa shape index (κ1) is 16.6. The van der Waals surface area contributed by atoms with Gasteiger partial charge in [0.15, 0.2) is 5.69 Å². The summed E-state index contributed by atoms with van der Waals surface area (Å²) in [6, 6.07) is 16.4. The highest BCUT2D eigenvalue weighted by molar-refractivity contribution is 5.98. The summed E-state index contributed by atoms with van der Waals surface area (Å²) in [5, 5.41) is 2.82. The Labute approximate surface area is 144 Å². The fourth-order valence-corrected chi connectivity index (χ4v) is 2.69. The lowest BCUT2D eigenvalue weighted by molar-refractivity contribution is 0.0931. The van der Waals surface area contributed by atoms with Crippen LogP contribution in [0.4, 0.5) is 0 Å². The van der Waals surface area contributed by atoms with Crippen molar-refractivity contribution in [2.24, 2.45) is 7.05 Å². The van der Waals surface area contributed by atoms with Gasteiger partial charge in [-0.15, -0.1) is 0 Å². The lowest BCUT2D eigenvalue weighted by Gasteiger charge is -2.10. The van der Waals surface area contributed by atoms with Crippen molar-refractivity contribution < 1.29 is 14.1 Å². The molecule has 0 fully saturated rings. The zero-order valence-electron chi connectivity index (χ0n) is 14.0. The van der Waals surface area contributed by atoms with Gasteiger partial charge in [-0.2, -0.15) is 0 Å². The molecular formula is C19H18N2O4. The minimum absolute atomic E-state index is 0.186. The fraction of sp³-hybridized carbons (Fsp3) is 0.158. The lowest BCUT2D eigenvalue weighted by atomic mass is 10.1. The summed E-state index contributed by atoms with van der Waals surface area (Å²) in [4.78, 5) is 24.8. The van der Waals surface area contributed by atoms with Crippen molar-refractivity contribution in [3.8, 4) is 16.9 Å². The molecule has 0 aliphatic carbocycles. The van der Waals surface area contributed by atoms with Crippen LogP contribution in [0.3, 0.4) is 0 Å². The quantitative estimate of drug-likeness (QED) is 0.776. The first-order chi connectivity index (χ1) is 12.1. The van der Waals surface area contributed by atoms with Gasteiger partial charge in [0.25, 0.3) is 5.91 Å². The first-order valence-electron chi connectivity index (χ1n) is 7.77. The van der Waals surface area contributed by atoms with Crippen molar-refractivity contribution in [1.29, 1.82) is 0 Å². The van der Waals surface area contributed by atoms with E-state index in [1.165, 1.54) is 11.8 Å². The van der Waals surface area contributed by atoms with Crippen LogP contribution in [0.25, 0.3) is 11.1 Å². The summed E-state index contributed by atoms with van der Waals surface area (Å²) in [5.41, 5.74) is 1.37. The van der Waals surface area contributed by atoms with E-state index in [1.54, 1.807) is 31.4 Å². The Bertz CT molecular complexity index is 942. The average molecular weight is 338 g/mol. The summed E-state index contributed by atoms with van der Waals surface area (Å²) in [6.07, 6.45) is 0. The number of nitrogens with one attached hydrogen (secondary N) is 1. The normalized spacial score (nSPS) is 10.5. The van der Waals surface area contributed by atoms with Gasteiger partial charge >= 0.3 is 5.63 Å². The van der Waals surface area contributed by atoms with E-state index >= 15 is 0 Å². The van der Waals surface area contributed by atoms with Crippen molar-refractivity contribution >= 4 is 5.91 Å². The SMILES string of the molecule is COc1ccccc1CNC(=O)c1c(-c2ccccc2)c(=O)on1C. The highest BCUT2D eigenvalue weighted by Gasteiger charge is 2.23. The van der Waals surface area contributed by atoms with Crippen molar-refractivity contribution in [2.45, 2.75) is 6.54 Å². The van der Waals surface area contributed by atoms with E-state index in [0.717, 1.165) is 5.56 Å². The van der Waals surface area contributed by atoms with Gasteiger partial charge in [-0.1, -0.05) is 48.5 Å². The van der Waals surface area contributed by atoms with Crippen LogP contribution in [0.5, 0.6) is 5.75 Å². The van der Waals surface area contributed by atoms with Crippen molar-refractivity contribution in [3.05, 3.63) is 76.3 Å². The Morgan fingerprint density at radius 2 is 1.80 bits per heavy atom. The van der Waals surface area contributed by atoms with Crippen molar-refractivity contribution in [2.75, 3.05) is 7.11 Å². The molecule has 25 heavy (non-hydrogen) atoms. The van der Waals surface area contributed by atoms with Gasteiger partial charge in [0.05, 0.1) is 7.11 Å². The molecule has 1 amide bonds. The van der Waals surface area contributed by atoms with Crippen LogP contribution < -0.4 is 15.7 Å². The van der Waals surface area contributed by atoms with Crippen molar-refractivity contribution in [3.63, 3.8) is 0 Å². The molecule has 1 N–H and O–H groups in total. The predicted molar refractivity (Wildman–Crippen MR) is 93.5 cm³/mol. The number of carbonyl (C=O) groups is 1. The fourth-order valence-electron chi connectivity index (χ4n) is 2.69. The number of rotatable bonds is 5. The van der Waals surface area contributed by atoms with Crippen molar-refractivity contribution in [1.82, 2.24) is 10.1 Å². The van der Waals surface area contributed by atoms with Crippen LogP contribution in [0.1, 0.15) is 16.1 Å². The second-order valence-electron chi connectivity index (χ2n) is 5.46. The number of aryl methyl sites for hydroxylation is 1. The van der Waals surface area contributed by atoms with Crippen LogP contribution in [-0.4, -0.2) is 17.8 Å². The van der Waals surface area contributed by atoms with Gasteiger partial charge in [-0.05, 0) is 11.6 Å². The second-order valence-corrected chi connectivity index (χ2v) is 5.46. The summed E-state index contributed by atoms with van der Waals surface area (Å²) in [7, 11) is 3.11. The third kappa shape index (κ3) is 3.33. The number of nitrogens with zero attached hydrogens (tertiary/aromatic N) is 1. The molecule has 3 rings (SSSR count). The molecule has 0 radical (unpaired) electrons. The van der Waals surface area contributed by atoms with Crippen LogP contribution in [0.2, 0.25) is 0 Å². The molecule has 0 aliphatic rings. The number of hydrogen-bond donors (Lipinski definition) is 1. The van der Waals surface area contributed by atoms with Crippen LogP contribution >= 0.6 is 0 Å². The van der Waals surface area contributed by atoms with Gasteiger partial charge in [-0.3, -0.25) is 4.79 Å². The van der Waals surface area contributed by atoms with Gasteiger partial charge in [0.1, 0.15) is 11.3 Å². The monoisotopic (exact) mass is 338 g/mol. The lowest BCUT2D eigenvalue weighted by Crippen LogP contribution is -2.26. The molecular weight excluding hydrogens is 320 g/mol. The van der Waals surface area contributed by atoms with Crippen LogP contribution in [-0.2, 0) is 13.6 Å². The maximum absolute atomic E-state index is 12.7. The Balaban J connectivity index is 1.89. The van der Waals surface area contributed by atoms with Gasteiger partial charge in [0.2, 0.25) is 0 Å². The molecule has 6 heteroatoms. The third-order valence-corrected chi connectivity index (χ3v) is 3.89. The maximum Gasteiger partial charge on any atom is 0.366 e. The van der Waals surface area contributed by atoms with E-state index in [-0.39, 0.29) is 17.8 Å². The number of methoxy groups -OCH3 is 1. The van der Waals surface area contributed by atoms with E-state index in [0.29, 0.717) is 11.3 Å². The molecule has 0 atom stereocenters. The number of carbonyl (C=O) groups excluding carboxylic acids is 1. The number of amides is 1. The molecule has 3 aromatic rings. The molecule has 0 saturated carbocycles. The number of para-hydroxylation sites is 1. The van der Waals surface area contributed by atoms with E-state index in [1.807, 2.05) is 30.3 Å². The zero-order chi connectivity index (χ0) is 17.8. The number of benzene rings is 2. The minimum atomic E-state index is -0.545. The van der Waals surface area contributed by atoms with E-state index < -0.39 is 11.5 Å². The smallest absolute Gasteiger partial charge is 0.366 e. The number of hydrogen-bond acceptors (Lipinski definition) is 4. The molecule has 128 valence electrons. The predicted octanol–water partition coefficient (Wildman–Crippen LogP) is 2.58. The molecule has 0 bridgehead atoms. The highest BCUT2D eigenvalue weighted by atomic mass is 16.5. The topological polar surface area (TPSA) is 73.5 Å². The standard InChI is InChI=1S/C19H18N2O4/c1-21-17(16(19(23)25-21)13-8-4-3-5-9-13)18(22)20-12-14-10-6-7-11-15(14)24-2/h3-11H,12H2,1-2H3,(H,20,22). The Morgan fingerprint density at radius 3 is 2.52 bits per heavy atom.